The summed E-state index contributed by atoms with van der Waals surface area (Å²) >= 11 is 0. The van der Waals surface area contributed by atoms with E-state index in [0.717, 1.165) is 12.0 Å². The SMILES string of the molecule is O=C(O)c1ccccc1CCN1CC2CC(C1)S2(=O)=O. The topological polar surface area (TPSA) is 74.7 Å². The number of rotatable bonds is 4. The molecular weight excluding hydrogens is 278 g/mol. The molecule has 3 saturated heterocycles. The summed E-state index contributed by atoms with van der Waals surface area (Å²) in [7, 11) is -2.84. The maximum atomic E-state index is 11.7. The third-order valence-electron chi connectivity index (χ3n) is 4.32. The molecule has 0 spiro atoms. The second kappa shape index (κ2) is 4.86. The van der Waals surface area contributed by atoms with Gasteiger partial charge in [-0.05, 0) is 24.5 Å². The van der Waals surface area contributed by atoms with E-state index < -0.39 is 15.8 Å². The van der Waals surface area contributed by atoms with Gasteiger partial charge in [-0.1, -0.05) is 18.2 Å². The van der Waals surface area contributed by atoms with Crippen LogP contribution in [0, 0.1) is 0 Å². The summed E-state index contributed by atoms with van der Waals surface area (Å²) in [4.78, 5) is 13.3. The number of carbonyl (C=O) groups is 1. The fourth-order valence-electron chi connectivity index (χ4n) is 3.13. The van der Waals surface area contributed by atoms with Crippen molar-refractivity contribution < 1.29 is 18.3 Å². The smallest absolute Gasteiger partial charge is 0.335 e. The van der Waals surface area contributed by atoms with Gasteiger partial charge in [0.2, 0.25) is 0 Å². The van der Waals surface area contributed by atoms with Crippen molar-refractivity contribution in [2.45, 2.75) is 23.3 Å². The lowest BCUT2D eigenvalue weighted by molar-refractivity contribution is 0.0695. The van der Waals surface area contributed by atoms with Crippen molar-refractivity contribution in [1.29, 1.82) is 0 Å². The number of benzene rings is 1. The summed E-state index contributed by atoms with van der Waals surface area (Å²) in [5, 5.41) is 8.73. The zero-order chi connectivity index (χ0) is 14.3. The van der Waals surface area contributed by atoms with Crippen molar-refractivity contribution in [2.24, 2.45) is 0 Å². The van der Waals surface area contributed by atoms with Crippen LogP contribution in [-0.4, -0.2) is 54.5 Å². The van der Waals surface area contributed by atoms with Gasteiger partial charge in [-0.3, -0.25) is 0 Å². The molecule has 2 atom stereocenters. The quantitative estimate of drug-likeness (QED) is 0.889. The zero-order valence-corrected chi connectivity index (χ0v) is 11.8. The van der Waals surface area contributed by atoms with Crippen LogP contribution < -0.4 is 0 Å². The number of carboxylic acids is 1. The largest absolute Gasteiger partial charge is 0.478 e. The molecule has 4 rings (SSSR count). The average Bonchev–Trinajstić information content (AvgIpc) is 2.45. The highest BCUT2D eigenvalue weighted by molar-refractivity contribution is 7.94. The van der Waals surface area contributed by atoms with E-state index in [0.29, 0.717) is 31.6 Å². The normalized spacial score (nSPS) is 27.8. The van der Waals surface area contributed by atoms with Crippen molar-refractivity contribution >= 4 is 15.8 Å². The summed E-state index contributed by atoms with van der Waals surface area (Å²) < 4.78 is 23.4. The predicted molar refractivity (Wildman–Crippen MR) is 74.7 cm³/mol. The Hall–Kier alpha value is -1.40. The Morgan fingerprint density at radius 3 is 2.50 bits per heavy atom. The molecule has 1 aromatic rings. The molecule has 2 bridgehead atoms. The first kappa shape index (κ1) is 13.6. The number of aromatic carboxylic acids is 1. The van der Waals surface area contributed by atoms with Crippen LogP contribution in [0.5, 0.6) is 0 Å². The highest BCUT2D eigenvalue weighted by atomic mass is 32.2. The predicted octanol–water partition coefficient (Wildman–Crippen LogP) is 0.799. The highest BCUT2D eigenvalue weighted by Gasteiger charge is 2.51. The molecule has 0 aliphatic carbocycles. The fraction of sp³-hybridized carbons (Fsp3) is 0.500. The summed E-state index contributed by atoms with van der Waals surface area (Å²) in [5.74, 6) is -0.912. The van der Waals surface area contributed by atoms with E-state index in [1.807, 2.05) is 12.1 Å². The van der Waals surface area contributed by atoms with Gasteiger partial charge in [0.1, 0.15) is 0 Å². The van der Waals surface area contributed by atoms with Crippen molar-refractivity contribution in [3.05, 3.63) is 35.4 Å². The van der Waals surface area contributed by atoms with Gasteiger partial charge < -0.3 is 10.0 Å². The Balaban J connectivity index is 1.63. The highest BCUT2D eigenvalue weighted by Crippen LogP contribution is 2.35. The van der Waals surface area contributed by atoms with Crippen LogP contribution in [0.25, 0.3) is 0 Å². The standard InChI is InChI=1S/C14H17NO4S/c16-14(17)13-4-2-1-3-10(13)5-6-15-8-11-7-12(9-15)20(11,18)19/h1-4,11-12H,5-9H2,(H,16,17). The van der Waals surface area contributed by atoms with Crippen LogP contribution >= 0.6 is 0 Å². The van der Waals surface area contributed by atoms with Gasteiger partial charge in [0.15, 0.2) is 9.84 Å². The van der Waals surface area contributed by atoms with E-state index in [2.05, 4.69) is 4.90 Å². The molecule has 3 aliphatic heterocycles. The summed E-state index contributed by atoms with van der Waals surface area (Å²) in [6.07, 6.45) is 1.44. The Morgan fingerprint density at radius 2 is 1.90 bits per heavy atom. The van der Waals surface area contributed by atoms with Gasteiger partial charge in [0.25, 0.3) is 0 Å². The molecule has 3 fully saturated rings. The van der Waals surface area contributed by atoms with Gasteiger partial charge in [-0.2, -0.15) is 0 Å². The van der Waals surface area contributed by atoms with E-state index in [1.165, 1.54) is 0 Å². The first-order valence-electron chi connectivity index (χ1n) is 6.75. The van der Waals surface area contributed by atoms with Crippen LogP contribution in [0.4, 0.5) is 0 Å². The third-order valence-corrected chi connectivity index (χ3v) is 6.87. The molecule has 3 heterocycles. The van der Waals surface area contributed by atoms with Gasteiger partial charge in [0.05, 0.1) is 16.1 Å². The van der Waals surface area contributed by atoms with Crippen molar-refractivity contribution in [3.63, 3.8) is 0 Å². The van der Waals surface area contributed by atoms with Gasteiger partial charge in [-0.25, -0.2) is 13.2 Å². The number of hydrogen-bond acceptors (Lipinski definition) is 4. The third kappa shape index (κ3) is 2.23. The van der Waals surface area contributed by atoms with E-state index in [4.69, 9.17) is 5.11 Å². The first-order chi connectivity index (χ1) is 9.48. The Labute approximate surface area is 118 Å². The minimum absolute atomic E-state index is 0.198. The zero-order valence-electron chi connectivity index (χ0n) is 11.0. The number of fused-ring (bicyclic) bond motifs is 2. The number of sulfone groups is 1. The summed E-state index contributed by atoms with van der Waals surface area (Å²) in [5.41, 5.74) is 1.14. The van der Waals surface area contributed by atoms with Crippen LogP contribution in [0.2, 0.25) is 0 Å². The lowest BCUT2D eigenvalue weighted by atomic mass is 10.0. The minimum Gasteiger partial charge on any atom is -0.478 e. The number of nitrogens with zero attached hydrogens (tertiary/aromatic N) is 1. The molecule has 3 aliphatic rings. The van der Waals surface area contributed by atoms with Crippen LogP contribution in [0.1, 0.15) is 22.3 Å². The monoisotopic (exact) mass is 295 g/mol. The molecule has 0 aromatic heterocycles. The molecule has 0 amide bonds. The van der Waals surface area contributed by atoms with Crippen LogP contribution in [0.15, 0.2) is 24.3 Å². The molecule has 1 aromatic carbocycles. The van der Waals surface area contributed by atoms with E-state index in [9.17, 15) is 13.2 Å². The second-order valence-electron chi connectivity index (χ2n) is 5.54. The molecule has 5 nitrogen and oxygen atoms in total. The van der Waals surface area contributed by atoms with Crippen LogP contribution in [0.3, 0.4) is 0 Å². The van der Waals surface area contributed by atoms with E-state index in [-0.39, 0.29) is 10.5 Å². The molecule has 0 radical (unpaired) electrons. The number of carboxylic acid groups (broad SMARTS) is 1. The van der Waals surface area contributed by atoms with Crippen molar-refractivity contribution in [3.8, 4) is 0 Å². The lowest BCUT2D eigenvalue weighted by Gasteiger charge is -2.46. The lowest BCUT2D eigenvalue weighted by Crippen LogP contribution is -2.62. The maximum Gasteiger partial charge on any atom is 0.335 e. The summed E-state index contributed by atoms with van der Waals surface area (Å²) in [6, 6.07) is 6.98. The number of hydrogen-bond donors (Lipinski definition) is 1. The molecule has 108 valence electrons. The molecule has 2 unspecified atom stereocenters. The van der Waals surface area contributed by atoms with Crippen LogP contribution in [-0.2, 0) is 16.3 Å². The van der Waals surface area contributed by atoms with Gasteiger partial charge >= 0.3 is 5.97 Å². The van der Waals surface area contributed by atoms with Gasteiger partial charge in [0, 0.05) is 19.6 Å². The molecular formula is C14H17NO4S. The summed E-state index contributed by atoms with van der Waals surface area (Å²) in [6.45, 7) is 1.90. The molecule has 0 saturated carbocycles. The fourth-order valence-corrected chi connectivity index (χ4v) is 5.15. The van der Waals surface area contributed by atoms with Crippen molar-refractivity contribution in [2.75, 3.05) is 19.6 Å². The first-order valence-corrected chi connectivity index (χ1v) is 8.35. The molecule has 20 heavy (non-hydrogen) atoms. The van der Waals surface area contributed by atoms with Gasteiger partial charge in [-0.15, -0.1) is 0 Å². The minimum atomic E-state index is -2.84. The second-order valence-corrected chi connectivity index (χ2v) is 8.05. The Kier molecular flexibility index (Phi) is 3.30. The number of piperidine rings is 1. The average molecular weight is 295 g/mol. The molecule has 6 heteroatoms. The van der Waals surface area contributed by atoms with E-state index >= 15 is 0 Å². The molecule has 1 N–H and O–H groups in total. The van der Waals surface area contributed by atoms with Crippen molar-refractivity contribution in [1.82, 2.24) is 4.90 Å². The Bertz CT molecular complexity index is 622. The van der Waals surface area contributed by atoms with E-state index in [1.54, 1.807) is 12.1 Å². The Morgan fingerprint density at radius 1 is 1.25 bits per heavy atom. The maximum absolute atomic E-state index is 11.7.